The van der Waals surface area contributed by atoms with Crippen molar-refractivity contribution in [1.29, 1.82) is 0 Å². The Bertz CT molecular complexity index is 875. The van der Waals surface area contributed by atoms with Crippen LogP contribution in [0.4, 0.5) is 5.69 Å². The van der Waals surface area contributed by atoms with E-state index in [0.29, 0.717) is 5.69 Å². The van der Waals surface area contributed by atoms with Gasteiger partial charge in [-0.1, -0.05) is 0 Å². The van der Waals surface area contributed by atoms with Crippen molar-refractivity contribution in [2.24, 2.45) is 7.05 Å². The van der Waals surface area contributed by atoms with Gasteiger partial charge in [0.15, 0.2) is 5.65 Å². The molecule has 3 aromatic rings. The van der Waals surface area contributed by atoms with Gasteiger partial charge in [-0.15, -0.1) is 0 Å². The van der Waals surface area contributed by atoms with Crippen LogP contribution in [-0.4, -0.2) is 30.9 Å². The molecule has 8 nitrogen and oxygen atoms in total. The van der Waals surface area contributed by atoms with Crippen molar-refractivity contribution in [2.75, 3.05) is 5.32 Å². The minimum Gasteiger partial charge on any atom is -0.319 e. The number of rotatable bonds is 2. The van der Waals surface area contributed by atoms with E-state index in [1.807, 2.05) is 14.0 Å². The molecule has 0 bridgehead atoms. The van der Waals surface area contributed by atoms with Gasteiger partial charge in [0.25, 0.3) is 11.5 Å². The lowest BCUT2D eigenvalue weighted by Gasteiger charge is -2.04. The minimum atomic E-state index is -0.422. The lowest BCUT2D eigenvalue weighted by atomic mass is 10.2. The normalized spacial score (nSPS) is 10.8. The zero-order valence-electron chi connectivity index (χ0n) is 11.4. The Labute approximate surface area is 118 Å². The number of fused-ring (bicyclic) bond motifs is 1. The van der Waals surface area contributed by atoms with E-state index in [1.54, 1.807) is 16.9 Å². The minimum absolute atomic E-state index is 0.123. The van der Waals surface area contributed by atoms with Crippen molar-refractivity contribution in [2.45, 2.75) is 6.92 Å². The fourth-order valence-electron chi connectivity index (χ4n) is 2.04. The number of H-pyrrole nitrogens is 1. The van der Waals surface area contributed by atoms with Crippen LogP contribution in [0, 0.1) is 6.92 Å². The molecule has 0 fully saturated rings. The maximum absolute atomic E-state index is 12.0. The second kappa shape index (κ2) is 4.82. The van der Waals surface area contributed by atoms with Crippen molar-refractivity contribution >= 4 is 22.6 Å². The molecule has 3 heterocycles. The van der Waals surface area contributed by atoms with E-state index in [0.717, 1.165) is 16.7 Å². The average Bonchev–Trinajstić information content (AvgIpc) is 2.74. The number of aryl methyl sites for hydroxylation is 2. The monoisotopic (exact) mass is 284 g/mol. The van der Waals surface area contributed by atoms with Gasteiger partial charge in [0.1, 0.15) is 5.69 Å². The summed E-state index contributed by atoms with van der Waals surface area (Å²) in [6.45, 7) is 1.87. The molecule has 0 saturated carbocycles. The molecule has 0 aliphatic heterocycles. The van der Waals surface area contributed by atoms with Gasteiger partial charge in [-0.25, -0.2) is 10.1 Å². The number of nitrogens with one attached hydrogen (secondary N) is 2. The van der Waals surface area contributed by atoms with E-state index in [-0.39, 0.29) is 11.3 Å². The number of hydrogen-bond donors (Lipinski definition) is 2. The topological polar surface area (TPSA) is 106 Å². The third kappa shape index (κ3) is 2.38. The first-order valence-corrected chi connectivity index (χ1v) is 6.21. The second-order valence-corrected chi connectivity index (χ2v) is 4.56. The summed E-state index contributed by atoms with van der Waals surface area (Å²) in [6, 6.07) is 4.40. The van der Waals surface area contributed by atoms with Crippen LogP contribution < -0.4 is 10.9 Å². The van der Waals surface area contributed by atoms with Crippen LogP contribution in [0.2, 0.25) is 0 Å². The predicted octanol–water partition coefficient (Wildman–Crippen LogP) is 0.612. The third-order valence-electron chi connectivity index (χ3n) is 3.03. The van der Waals surface area contributed by atoms with Gasteiger partial charge in [-0.2, -0.15) is 10.2 Å². The van der Waals surface area contributed by atoms with Crippen LogP contribution in [0.25, 0.3) is 11.0 Å². The number of pyridine rings is 1. The van der Waals surface area contributed by atoms with Gasteiger partial charge in [0.05, 0.1) is 17.6 Å². The number of amides is 1. The third-order valence-corrected chi connectivity index (χ3v) is 3.03. The van der Waals surface area contributed by atoms with E-state index >= 15 is 0 Å². The second-order valence-electron chi connectivity index (χ2n) is 4.56. The first kappa shape index (κ1) is 13.0. The summed E-state index contributed by atoms with van der Waals surface area (Å²) in [7, 11) is 1.81. The van der Waals surface area contributed by atoms with Crippen molar-refractivity contribution in [1.82, 2.24) is 25.0 Å². The largest absolute Gasteiger partial charge is 0.319 e. The molecule has 0 atom stereocenters. The Morgan fingerprint density at radius 1 is 1.38 bits per heavy atom. The lowest BCUT2D eigenvalue weighted by Crippen LogP contribution is -2.17. The number of carbonyl (C=O) groups excluding carboxylic acids is 1. The number of hydrogen-bond acceptors (Lipinski definition) is 5. The highest BCUT2D eigenvalue weighted by molar-refractivity contribution is 6.03. The molecule has 0 aromatic carbocycles. The maximum Gasteiger partial charge on any atom is 0.276 e. The van der Waals surface area contributed by atoms with Crippen LogP contribution in [0.3, 0.4) is 0 Å². The number of aromatic amines is 1. The Kier molecular flexibility index (Phi) is 2.98. The fourth-order valence-corrected chi connectivity index (χ4v) is 2.04. The molecule has 2 N–H and O–H groups in total. The fraction of sp³-hybridized carbons (Fsp3) is 0.154. The van der Waals surface area contributed by atoms with Gasteiger partial charge in [0, 0.05) is 18.5 Å². The molecule has 0 spiro atoms. The summed E-state index contributed by atoms with van der Waals surface area (Å²) in [6.07, 6.45) is 1.55. The lowest BCUT2D eigenvalue weighted by molar-refractivity contribution is 0.102. The molecule has 0 unspecified atom stereocenters. The van der Waals surface area contributed by atoms with Gasteiger partial charge < -0.3 is 5.32 Å². The van der Waals surface area contributed by atoms with Crippen LogP contribution in [0.1, 0.15) is 16.2 Å². The molecular weight excluding hydrogens is 272 g/mol. The van der Waals surface area contributed by atoms with Crippen molar-refractivity contribution in [3.8, 4) is 0 Å². The zero-order chi connectivity index (χ0) is 15.0. The summed E-state index contributed by atoms with van der Waals surface area (Å²) < 4.78 is 1.68. The molecule has 1 amide bonds. The van der Waals surface area contributed by atoms with Crippen LogP contribution in [-0.2, 0) is 7.05 Å². The summed E-state index contributed by atoms with van der Waals surface area (Å²) in [4.78, 5) is 27.2. The average molecular weight is 284 g/mol. The highest BCUT2D eigenvalue weighted by Crippen LogP contribution is 2.19. The van der Waals surface area contributed by atoms with E-state index in [1.165, 1.54) is 12.1 Å². The zero-order valence-corrected chi connectivity index (χ0v) is 11.4. The molecule has 3 rings (SSSR count). The summed E-state index contributed by atoms with van der Waals surface area (Å²) in [5, 5.41) is 13.7. The quantitative estimate of drug-likeness (QED) is 0.717. The molecular formula is C13H12N6O2. The van der Waals surface area contributed by atoms with Crippen molar-refractivity contribution in [3.05, 3.63) is 46.1 Å². The van der Waals surface area contributed by atoms with Crippen molar-refractivity contribution < 1.29 is 4.79 Å². The molecule has 21 heavy (non-hydrogen) atoms. The predicted molar refractivity (Wildman–Crippen MR) is 76.1 cm³/mol. The number of carbonyl (C=O) groups is 1. The molecule has 106 valence electrons. The van der Waals surface area contributed by atoms with E-state index in [2.05, 4.69) is 25.6 Å². The van der Waals surface area contributed by atoms with Gasteiger partial charge >= 0.3 is 0 Å². The Balaban J connectivity index is 1.91. The highest BCUT2D eigenvalue weighted by atomic mass is 16.2. The summed E-state index contributed by atoms with van der Waals surface area (Å²) in [5.74, 6) is -0.422. The number of aromatic nitrogens is 5. The van der Waals surface area contributed by atoms with Gasteiger partial charge in [0.2, 0.25) is 0 Å². The maximum atomic E-state index is 12.0. The molecule has 0 saturated heterocycles. The van der Waals surface area contributed by atoms with E-state index < -0.39 is 5.91 Å². The standard InChI is InChI=1S/C13H12N6O2/c1-7-9-5-8(6-14-12(9)19(2)18-7)15-13(21)10-3-4-11(20)17-16-10/h3-6H,1-2H3,(H,15,21)(H,17,20). The van der Waals surface area contributed by atoms with E-state index in [4.69, 9.17) is 0 Å². The van der Waals surface area contributed by atoms with Crippen molar-refractivity contribution in [3.63, 3.8) is 0 Å². The Morgan fingerprint density at radius 2 is 2.19 bits per heavy atom. The summed E-state index contributed by atoms with van der Waals surface area (Å²) >= 11 is 0. The van der Waals surface area contributed by atoms with Crippen LogP contribution in [0.15, 0.2) is 29.2 Å². The molecule has 3 aromatic heterocycles. The van der Waals surface area contributed by atoms with E-state index in [9.17, 15) is 9.59 Å². The van der Waals surface area contributed by atoms with Crippen LogP contribution >= 0.6 is 0 Å². The number of nitrogens with zero attached hydrogens (tertiary/aromatic N) is 4. The van der Waals surface area contributed by atoms with Gasteiger partial charge in [-0.3, -0.25) is 14.3 Å². The van der Waals surface area contributed by atoms with Gasteiger partial charge in [-0.05, 0) is 19.1 Å². The molecule has 8 heteroatoms. The first-order chi connectivity index (χ1) is 10.0. The molecule has 0 aliphatic rings. The highest BCUT2D eigenvalue weighted by Gasteiger charge is 2.11. The molecule has 0 aliphatic carbocycles. The Morgan fingerprint density at radius 3 is 2.90 bits per heavy atom. The SMILES string of the molecule is Cc1nn(C)c2ncc(NC(=O)c3ccc(=O)[nH]n3)cc12. The first-order valence-electron chi connectivity index (χ1n) is 6.21. The van der Waals surface area contributed by atoms with Crippen LogP contribution in [0.5, 0.6) is 0 Å². The Hall–Kier alpha value is -3.03. The molecule has 0 radical (unpaired) electrons. The number of anilines is 1. The summed E-state index contributed by atoms with van der Waals surface area (Å²) in [5.41, 5.74) is 1.88. The smallest absolute Gasteiger partial charge is 0.276 e.